The highest BCUT2D eigenvalue weighted by Gasteiger charge is 2.30. The predicted molar refractivity (Wildman–Crippen MR) is 43.6 cm³/mol. The molecule has 1 aromatic rings. The van der Waals surface area contributed by atoms with Gasteiger partial charge in [0.05, 0.1) is 11.4 Å². The fourth-order valence-electron chi connectivity index (χ4n) is 1.43. The highest BCUT2D eigenvalue weighted by molar-refractivity contribution is 5.19. The average molecular weight is 187 g/mol. The van der Waals surface area contributed by atoms with Crippen LogP contribution in [0.2, 0.25) is 0 Å². The van der Waals surface area contributed by atoms with E-state index in [2.05, 4.69) is 15.3 Å². The van der Waals surface area contributed by atoms with E-state index in [-0.39, 0.29) is 5.82 Å². The Bertz CT molecular complexity index is 290. The maximum Gasteiger partial charge on any atom is 0.301 e. The summed E-state index contributed by atoms with van der Waals surface area (Å²) in [6.45, 7) is 2.27. The predicted octanol–water partition coefficient (Wildman–Crippen LogP) is 1.17. The number of rotatable bonds is 1. The van der Waals surface area contributed by atoms with Gasteiger partial charge in [0, 0.05) is 26.4 Å². The summed E-state index contributed by atoms with van der Waals surface area (Å²) in [6.07, 6.45) is 0.724. The van der Waals surface area contributed by atoms with Crippen LogP contribution in [-0.4, -0.2) is 16.5 Å². The van der Waals surface area contributed by atoms with Gasteiger partial charge in [-0.2, -0.15) is 8.78 Å². The average Bonchev–Trinajstić information content (AvgIpc) is 2.45. The molecule has 0 atom stereocenters. The molecule has 0 amide bonds. The summed E-state index contributed by atoms with van der Waals surface area (Å²) in [5.41, 5.74) is 1.57. The fraction of sp³-hybridized carbons (Fsp3) is 0.625. The molecule has 2 N–H and O–H groups in total. The molecule has 5 heteroatoms. The summed E-state index contributed by atoms with van der Waals surface area (Å²) < 4.78 is 25.7. The number of alkyl halides is 2. The second kappa shape index (κ2) is 2.77. The van der Waals surface area contributed by atoms with Gasteiger partial charge in [0.1, 0.15) is 0 Å². The lowest BCUT2D eigenvalue weighted by atomic mass is 10.2. The zero-order valence-corrected chi connectivity index (χ0v) is 7.32. The SMILES string of the molecule is CC(F)(F)c1nc2c([nH]1)CNCC2. The van der Waals surface area contributed by atoms with Gasteiger partial charge < -0.3 is 10.3 Å². The molecule has 0 saturated heterocycles. The maximum absolute atomic E-state index is 12.8. The minimum atomic E-state index is -2.86. The lowest BCUT2D eigenvalue weighted by molar-refractivity contribution is 0.00840. The van der Waals surface area contributed by atoms with Crippen LogP contribution in [0, 0.1) is 0 Å². The summed E-state index contributed by atoms with van der Waals surface area (Å²) in [4.78, 5) is 6.53. The molecule has 0 bridgehead atoms. The topological polar surface area (TPSA) is 40.7 Å². The van der Waals surface area contributed by atoms with Crippen molar-refractivity contribution in [3.8, 4) is 0 Å². The lowest BCUT2D eigenvalue weighted by Gasteiger charge is -2.09. The number of hydrogen-bond donors (Lipinski definition) is 2. The molecule has 0 aliphatic carbocycles. The van der Waals surface area contributed by atoms with Crippen molar-refractivity contribution in [2.24, 2.45) is 0 Å². The van der Waals surface area contributed by atoms with Crippen LogP contribution in [0.3, 0.4) is 0 Å². The highest BCUT2D eigenvalue weighted by atomic mass is 19.3. The van der Waals surface area contributed by atoms with Crippen LogP contribution in [0.5, 0.6) is 0 Å². The Hall–Kier alpha value is -0.970. The van der Waals surface area contributed by atoms with Crippen LogP contribution >= 0.6 is 0 Å². The number of fused-ring (bicyclic) bond motifs is 1. The first-order valence-corrected chi connectivity index (χ1v) is 4.24. The minimum absolute atomic E-state index is 0.221. The van der Waals surface area contributed by atoms with E-state index in [1.165, 1.54) is 0 Å². The summed E-state index contributed by atoms with van der Waals surface area (Å²) in [6, 6.07) is 0. The van der Waals surface area contributed by atoms with Gasteiger partial charge in [-0.05, 0) is 0 Å². The Morgan fingerprint density at radius 3 is 2.85 bits per heavy atom. The zero-order chi connectivity index (χ0) is 9.47. The van der Waals surface area contributed by atoms with E-state index in [1.807, 2.05) is 0 Å². The van der Waals surface area contributed by atoms with Crippen molar-refractivity contribution < 1.29 is 8.78 Å². The maximum atomic E-state index is 12.8. The molecule has 72 valence electrons. The molecular weight excluding hydrogens is 176 g/mol. The van der Waals surface area contributed by atoms with Gasteiger partial charge in [0.25, 0.3) is 0 Å². The number of H-pyrrole nitrogens is 1. The van der Waals surface area contributed by atoms with Crippen molar-refractivity contribution in [3.05, 3.63) is 17.2 Å². The molecule has 1 aliphatic heterocycles. The highest BCUT2D eigenvalue weighted by Crippen LogP contribution is 2.25. The zero-order valence-electron chi connectivity index (χ0n) is 7.32. The van der Waals surface area contributed by atoms with Crippen molar-refractivity contribution in [2.45, 2.75) is 25.8 Å². The van der Waals surface area contributed by atoms with Crippen molar-refractivity contribution in [3.63, 3.8) is 0 Å². The normalized spacial score (nSPS) is 17.2. The second-order valence-electron chi connectivity index (χ2n) is 3.33. The fourth-order valence-corrected chi connectivity index (χ4v) is 1.43. The molecule has 0 radical (unpaired) electrons. The summed E-state index contributed by atoms with van der Waals surface area (Å²) in [5, 5.41) is 3.09. The standard InChI is InChI=1S/C8H11F2N3/c1-8(9,10)7-12-5-2-3-11-4-6(5)13-7/h11H,2-4H2,1H3,(H,12,13). The van der Waals surface area contributed by atoms with Crippen LogP contribution in [0.1, 0.15) is 24.1 Å². The molecule has 0 fully saturated rings. The molecule has 2 heterocycles. The Morgan fingerprint density at radius 1 is 1.46 bits per heavy atom. The molecule has 13 heavy (non-hydrogen) atoms. The van der Waals surface area contributed by atoms with E-state index in [0.717, 1.165) is 31.3 Å². The van der Waals surface area contributed by atoms with Crippen LogP contribution in [0.25, 0.3) is 0 Å². The Morgan fingerprint density at radius 2 is 2.23 bits per heavy atom. The number of imidazole rings is 1. The number of hydrogen-bond acceptors (Lipinski definition) is 2. The molecule has 3 nitrogen and oxygen atoms in total. The monoisotopic (exact) mass is 187 g/mol. The van der Waals surface area contributed by atoms with Gasteiger partial charge in [-0.3, -0.25) is 0 Å². The number of nitrogens with zero attached hydrogens (tertiary/aromatic N) is 1. The van der Waals surface area contributed by atoms with Gasteiger partial charge in [-0.1, -0.05) is 0 Å². The van der Waals surface area contributed by atoms with Crippen LogP contribution in [-0.2, 0) is 18.9 Å². The van der Waals surface area contributed by atoms with E-state index < -0.39 is 5.92 Å². The molecule has 1 aliphatic rings. The van der Waals surface area contributed by atoms with Gasteiger partial charge >= 0.3 is 5.92 Å². The number of halogens is 2. The Labute approximate surface area is 74.6 Å². The molecule has 0 aromatic carbocycles. The van der Waals surface area contributed by atoms with Gasteiger partial charge in [-0.25, -0.2) is 4.98 Å². The van der Waals surface area contributed by atoms with Crippen LogP contribution in [0.15, 0.2) is 0 Å². The minimum Gasteiger partial charge on any atom is -0.340 e. The molecule has 0 saturated carbocycles. The van der Waals surface area contributed by atoms with E-state index in [9.17, 15) is 8.78 Å². The van der Waals surface area contributed by atoms with E-state index in [0.29, 0.717) is 6.54 Å². The third-order valence-electron chi connectivity index (χ3n) is 2.12. The first kappa shape index (κ1) is 8.62. The number of nitrogens with one attached hydrogen (secondary N) is 2. The Kier molecular flexibility index (Phi) is 1.83. The van der Waals surface area contributed by atoms with E-state index in [1.54, 1.807) is 0 Å². The summed E-state index contributed by atoms with van der Waals surface area (Å²) >= 11 is 0. The van der Waals surface area contributed by atoms with E-state index in [4.69, 9.17) is 0 Å². The molecular formula is C8H11F2N3. The third kappa shape index (κ3) is 1.56. The molecule has 0 spiro atoms. The van der Waals surface area contributed by atoms with Crippen molar-refractivity contribution >= 4 is 0 Å². The smallest absolute Gasteiger partial charge is 0.301 e. The van der Waals surface area contributed by atoms with Gasteiger partial charge in [-0.15, -0.1) is 0 Å². The molecule has 1 aromatic heterocycles. The van der Waals surface area contributed by atoms with Gasteiger partial charge in [0.15, 0.2) is 5.82 Å². The largest absolute Gasteiger partial charge is 0.340 e. The number of aromatic amines is 1. The molecule has 0 unspecified atom stereocenters. The third-order valence-corrected chi connectivity index (χ3v) is 2.12. The summed E-state index contributed by atoms with van der Waals surface area (Å²) in [7, 11) is 0. The van der Waals surface area contributed by atoms with E-state index >= 15 is 0 Å². The van der Waals surface area contributed by atoms with Crippen LogP contribution < -0.4 is 5.32 Å². The van der Waals surface area contributed by atoms with Crippen LogP contribution in [0.4, 0.5) is 8.78 Å². The first-order valence-electron chi connectivity index (χ1n) is 4.24. The van der Waals surface area contributed by atoms with Crippen molar-refractivity contribution in [1.82, 2.24) is 15.3 Å². The lowest BCUT2D eigenvalue weighted by Crippen LogP contribution is -2.23. The first-order chi connectivity index (χ1) is 6.07. The second-order valence-corrected chi connectivity index (χ2v) is 3.33. The number of aromatic nitrogens is 2. The van der Waals surface area contributed by atoms with Crippen molar-refractivity contribution in [2.75, 3.05) is 6.54 Å². The Balaban J connectivity index is 2.36. The van der Waals surface area contributed by atoms with Gasteiger partial charge in [0.2, 0.25) is 0 Å². The summed E-state index contributed by atoms with van der Waals surface area (Å²) in [5.74, 6) is -3.08. The quantitative estimate of drug-likeness (QED) is 0.692. The molecule has 2 rings (SSSR count). The van der Waals surface area contributed by atoms with Crippen molar-refractivity contribution in [1.29, 1.82) is 0 Å².